The number of aryl methyl sites for hydroxylation is 2. The molecule has 0 aliphatic heterocycles. The second-order valence-corrected chi connectivity index (χ2v) is 8.58. The summed E-state index contributed by atoms with van der Waals surface area (Å²) >= 11 is 1.28. The number of ether oxygens (including phenoxy) is 1. The van der Waals surface area contributed by atoms with Crippen LogP contribution in [0.1, 0.15) is 30.8 Å². The maximum Gasteiger partial charge on any atom is 0.261 e. The largest absolute Gasteiger partial charge is 0.481 e. The molecular formula is C24H29N5O3S. The molecule has 0 spiro atoms. The number of aromatic nitrogens is 3. The molecule has 3 rings (SSSR count). The monoisotopic (exact) mass is 467 g/mol. The van der Waals surface area contributed by atoms with Crippen LogP contribution in [0.25, 0.3) is 0 Å². The van der Waals surface area contributed by atoms with Gasteiger partial charge in [0.2, 0.25) is 5.91 Å². The number of hydrogen-bond donors (Lipinski definition) is 2. The molecule has 0 fully saturated rings. The summed E-state index contributed by atoms with van der Waals surface area (Å²) in [6, 6.07) is 15.3. The highest BCUT2D eigenvalue weighted by atomic mass is 32.2. The van der Waals surface area contributed by atoms with Gasteiger partial charge in [0.1, 0.15) is 5.75 Å². The topological polar surface area (TPSA) is 98.1 Å². The van der Waals surface area contributed by atoms with E-state index in [4.69, 9.17) is 4.74 Å². The van der Waals surface area contributed by atoms with E-state index in [1.54, 1.807) is 18.5 Å². The summed E-state index contributed by atoms with van der Waals surface area (Å²) in [5.74, 6) is 1.07. The van der Waals surface area contributed by atoms with Gasteiger partial charge in [0.05, 0.1) is 12.3 Å². The first-order chi connectivity index (χ1) is 15.9. The van der Waals surface area contributed by atoms with Gasteiger partial charge in [0.25, 0.3) is 5.91 Å². The van der Waals surface area contributed by atoms with E-state index in [1.165, 1.54) is 17.3 Å². The fourth-order valence-corrected chi connectivity index (χ4v) is 3.69. The van der Waals surface area contributed by atoms with Crippen molar-refractivity contribution < 1.29 is 14.3 Å². The van der Waals surface area contributed by atoms with Crippen molar-refractivity contribution in [2.75, 3.05) is 11.1 Å². The molecule has 9 heteroatoms. The van der Waals surface area contributed by atoms with Crippen LogP contribution in [0.5, 0.6) is 5.75 Å². The maximum atomic E-state index is 12.4. The second-order valence-electron chi connectivity index (χ2n) is 7.64. The minimum Gasteiger partial charge on any atom is -0.481 e. The van der Waals surface area contributed by atoms with Crippen LogP contribution in [-0.4, -0.2) is 38.4 Å². The molecule has 8 nitrogen and oxygen atoms in total. The van der Waals surface area contributed by atoms with E-state index in [1.807, 2.05) is 55.5 Å². The molecule has 0 bridgehead atoms. The van der Waals surface area contributed by atoms with Gasteiger partial charge in [-0.1, -0.05) is 48.5 Å². The summed E-state index contributed by atoms with van der Waals surface area (Å²) in [4.78, 5) is 24.6. The maximum absolute atomic E-state index is 12.4. The Kier molecular flexibility index (Phi) is 8.48. The molecule has 1 atom stereocenters. The second kappa shape index (κ2) is 11.5. The van der Waals surface area contributed by atoms with Gasteiger partial charge in [-0.2, -0.15) is 0 Å². The molecule has 0 aliphatic rings. The number of hydrogen-bond acceptors (Lipinski definition) is 6. The number of carbonyl (C=O) groups is 2. The molecule has 0 saturated carbocycles. The molecule has 2 N–H and O–H groups in total. The third-order valence-electron chi connectivity index (χ3n) is 5.03. The number of rotatable bonds is 10. The van der Waals surface area contributed by atoms with Crippen LogP contribution < -0.4 is 15.4 Å². The van der Waals surface area contributed by atoms with Crippen LogP contribution in [0.3, 0.4) is 0 Å². The number of anilines is 1. The highest BCUT2D eigenvalue weighted by Gasteiger charge is 2.17. The Labute approximate surface area is 198 Å². The lowest BCUT2D eigenvalue weighted by molar-refractivity contribution is -0.127. The molecule has 0 radical (unpaired) electrons. The van der Waals surface area contributed by atoms with Gasteiger partial charge >= 0.3 is 0 Å². The zero-order valence-corrected chi connectivity index (χ0v) is 20.1. The minimum atomic E-state index is -0.648. The van der Waals surface area contributed by atoms with Gasteiger partial charge in [0.15, 0.2) is 17.1 Å². The van der Waals surface area contributed by atoms with E-state index >= 15 is 0 Å². The summed E-state index contributed by atoms with van der Waals surface area (Å²) < 4.78 is 7.48. The number of carbonyl (C=O) groups excluding carboxylic acids is 2. The quantitative estimate of drug-likeness (QED) is 0.443. The zero-order chi connectivity index (χ0) is 23.8. The predicted octanol–water partition coefficient (Wildman–Crippen LogP) is 3.50. The molecule has 3 aromatic rings. The third-order valence-corrected chi connectivity index (χ3v) is 6.05. The standard InChI is InChI=1S/C24H29N5O3S/c1-5-18-8-12-20(13-9-18)32-17(3)23(31)25-14-21-27-28-24(29(21)4)33-15-22(30)26-19-10-6-16(2)7-11-19/h6-13,17H,5,14-15H2,1-4H3,(H,25,31)(H,26,30)/t17-/m1/s1. The molecule has 0 aliphatic carbocycles. The van der Waals surface area contributed by atoms with Crippen LogP contribution in [-0.2, 0) is 29.6 Å². The van der Waals surface area contributed by atoms with Crippen molar-refractivity contribution in [2.24, 2.45) is 7.05 Å². The molecule has 2 amide bonds. The van der Waals surface area contributed by atoms with Crippen molar-refractivity contribution in [3.05, 3.63) is 65.5 Å². The first-order valence-corrected chi connectivity index (χ1v) is 11.7. The number of amides is 2. The average Bonchev–Trinajstić information content (AvgIpc) is 3.17. The van der Waals surface area contributed by atoms with E-state index < -0.39 is 6.10 Å². The van der Waals surface area contributed by atoms with Gasteiger partial charge in [0, 0.05) is 12.7 Å². The summed E-state index contributed by atoms with van der Waals surface area (Å²) in [6.45, 7) is 5.99. The van der Waals surface area contributed by atoms with E-state index in [0.29, 0.717) is 16.7 Å². The summed E-state index contributed by atoms with van der Waals surface area (Å²) in [5, 5.41) is 14.5. The predicted molar refractivity (Wildman–Crippen MR) is 129 cm³/mol. The Bertz CT molecular complexity index is 1080. The number of nitrogens with one attached hydrogen (secondary N) is 2. The van der Waals surface area contributed by atoms with Crippen LogP contribution >= 0.6 is 11.8 Å². The first-order valence-electron chi connectivity index (χ1n) is 10.8. The molecule has 2 aromatic carbocycles. The fourth-order valence-electron chi connectivity index (χ4n) is 2.96. The Morgan fingerprint density at radius 1 is 1.09 bits per heavy atom. The van der Waals surface area contributed by atoms with Crippen molar-refractivity contribution in [3.8, 4) is 5.75 Å². The van der Waals surface area contributed by atoms with E-state index in [9.17, 15) is 9.59 Å². The normalized spacial score (nSPS) is 11.6. The minimum absolute atomic E-state index is 0.125. The lowest BCUT2D eigenvalue weighted by Gasteiger charge is -2.15. The van der Waals surface area contributed by atoms with E-state index in [2.05, 4.69) is 27.8 Å². The van der Waals surface area contributed by atoms with Crippen LogP contribution in [0.2, 0.25) is 0 Å². The fraction of sp³-hybridized carbons (Fsp3) is 0.333. The van der Waals surface area contributed by atoms with Crippen LogP contribution in [0, 0.1) is 6.92 Å². The first kappa shape index (κ1) is 24.3. The Balaban J connectivity index is 1.46. The average molecular weight is 468 g/mol. The molecule has 33 heavy (non-hydrogen) atoms. The zero-order valence-electron chi connectivity index (χ0n) is 19.3. The van der Waals surface area contributed by atoms with Crippen molar-refractivity contribution in [2.45, 2.75) is 45.0 Å². The van der Waals surface area contributed by atoms with Crippen molar-refractivity contribution >= 4 is 29.3 Å². The SMILES string of the molecule is CCc1ccc(O[C@H](C)C(=O)NCc2nnc(SCC(=O)Nc3ccc(C)cc3)n2C)cc1. The molecule has 174 valence electrons. The Morgan fingerprint density at radius 3 is 2.45 bits per heavy atom. The molecule has 0 saturated heterocycles. The third kappa shape index (κ3) is 7.08. The number of nitrogens with zero attached hydrogens (tertiary/aromatic N) is 3. The lowest BCUT2D eigenvalue weighted by Crippen LogP contribution is -2.36. The smallest absolute Gasteiger partial charge is 0.261 e. The van der Waals surface area contributed by atoms with Gasteiger partial charge in [-0.25, -0.2) is 0 Å². The summed E-state index contributed by atoms with van der Waals surface area (Å²) in [5.41, 5.74) is 3.10. The van der Waals surface area contributed by atoms with E-state index in [0.717, 1.165) is 17.7 Å². The molecule has 1 aromatic heterocycles. The van der Waals surface area contributed by atoms with Crippen LogP contribution in [0.4, 0.5) is 5.69 Å². The lowest BCUT2D eigenvalue weighted by atomic mass is 10.2. The van der Waals surface area contributed by atoms with Crippen molar-refractivity contribution in [1.82, 2.24) is 20.1 Å². The Hall–Kier alpha value is -3.33. The van der Waals surface area contributed by atoms with Crippen molar-refractivity contribution in [1.29, 1.82) is 0 Å². The van der Waals surface area contributed by atoms with E-state index in [-0.39, 0.29) is 24.1 Å². The molecule has 1 heterocycles. The Morgan fingerprint density at radius 2 is 1.79 bits per heavy atom. The highest BCUT2D eigenvalue weighted by molar-refractivity contribution is 7.99. The molecule has 0 unspecified atom stereocenters. The van der Waals surface area contributed by atoms with Gasteiger partial charge in [-0.05, 0) is 50.1 Å². The number of thioether (sulfide) groups is 1. The molecular weight excluding hydrogens is 438 g/mol. The van der Waals surface area contributed by atoms with Gasteiger partial charge in [-0.15, -0.1) is 10.2 Å². The van der Waals surface area contributed by atoms with Crippen LogP contribution in [0.15, 0.2) is 53.7 Å². The van der Waals surface area contributed by atoms with Gasteiger partial charge in [-0.3, -0.25) is 9.59 Å². The summed E-state index contributed by atoms with van der Waals surface area (Å²) in [6.07, 6.45) is 0.302. The summed E-state index contributed by atoms with van der Waals surface area (Å²) in [7, 11) is 1.80. The highest BCUT2D eigenvalue weighted by Crippen LogP contribution is 2.17. The van der Waals surface area contributed by atoms with Crippen molar-refractivity contribution in [3.63, 3.8) is 0 Å². The number of benzene rings is 2. The van der Waals surface area contributed by atoms with Gasteiger partial charge < -0.3 is 19.9 Å².